The second-order valence-electron chi connectivity index (χ2n) is 7.46. The van der Waals surface area contributed by atoms with Crippen molar-refractivity contribution in [2.24, 2.45) is 0 Å². The molecule has 144 valence electrons. The summed E-state index contributed by atoms with van der Waals surface area (Å²) in [7, 11) is 0. The Bertz CT molecular complexity index is 943. The zero-order valence-electron chi connectivity index (χ0n) is 16.4. The number of ether oxygens (including phenoxy) is 1. The first-order chi connectivity index (χ1) is 13.6. The van der Waals surface area contributed by atoms with Gasteiger partial charge in [0.15, 0.2) is 5.78 Å². The minimum absolute atomic E-state index is 0.0455. The largest absolute Gasteiger partial charge is 0.494 e. The highest BCUT2D eigenvalue weighted by atomic mass is 16.5. The van der Waals surface area contributed by atoms with Crippen LogP contribution < -0.4 is 9.64 Å². The van der Waals surface area contributed by atoms with Crippen LogP contribution in [0.2, 0.25) is 0 Å². The maximum atomic E-state index is 13.2. The Balaban J connectivity index is 1.79. The second-order valence-corrected chi connectivity index (χ2v) is 7.46. The van der Waals surface area contributed by atoms with Crippen LogP contribution in [0.5, 0.6) is 5.75 Å². The lowest BCUT2D eigenvalue weighted by atomic mass is 9.77. The number of carbonyl (C=O) groups is 2. The van der Waals surface area contributed by atoms with Gasteiger partial charge in [-0.1, -0.05) is 29.8 Å². The van der Waals surface area contributed by atoms with Gasteiger partial charge in [-0.3, -0.25) is 14.5 Å². The first-order valence-corrected chi connectivity index (χ1v) is 9.97. The fourth-order valence-electron chi connectivity index (χ4n) is 4.32. The van der Waals surface area contributed by atoms with E-state index in [0.717, 1.165) is 46.7 Å². The Hall–Kier alpha value is -2.88. The first-order valence-electron chi connectivity index (χ1n) is 9.97. The lowest BCUT2D eigenvalue weighted by Gasteiger charge is -2.38. The molecule has 0 fully saturated rings. The van der Waals surface area contributed by atoms with Crippen LogP contribution in [0, 0.1) is 6.92 Å². The molecule has 1 unspecified atom stereocenters. The van der Waals surface area contributed by atoms with Crippen LogP contribution >= 0.6 is 0 Å². The van der Waals surface area contributed by atoms with E-state index in [1.54, 1.807) is 4.90 Å². The Morgan fingerprint density at radius 2 is 1.86 bits per heavy atom. The molecule has 2 aliphatic rings. The van der Waals surface area contributed by atoms with Crippen LogP contribution in [-0.2, 0) is 9.59 Å². The molecule has 0 bridgehead atoms. The summed E-state index contributed by atoms with van der Waals surface area (Å²) >= 11 is 0. The summed E-state index contributed by atoms with van der Waals surface area (Å²) in [5, 5.41) is 0. The normalized spacial score (nSPS) is 19.6. The molecule has 0 spiro atoms. The molecule has 0 N–H and O–H groups in total. The maximum absolute atomic E-state index is 13.2. The van der Waals surface area contributed by atoms with Crippen LogP contribution in [0.15, 0.2) is 59.8 Å². The summed E-state index contributed by atoms with van der Waals surface area (Å²) < 4.78 is 5.52. The third-order valence-electron chi connectivity index (χ3n) is 5.53. The number of amides is 1. The molecule has 0 saturated carbocycles. The molecule has 2 aromatic carbocycles. The highest BCUT2D eigenvalue weighted by Gasteiger charge is 2.39. The van der Waals surface area contributed by atoms with E-state index in [2.05, 4.69) is 6.07 Å². The number of carbonyl (C=O) groups excluding carboxylic acids is 2. The summed E-state index contributed by atoms with van der Waals surface area (Å²) in [6, 6.07) is 15.7. The number of allylic oxidation sites excluding steroid dienone is 2. The van der Waals surface area contributed by atoms with Gasteiger partial charge in [0, 0.05) is 35.7 Å². The van der Waals surface area contributed by atoms with Gasteiger partial charge >= 0.3 is 0 Å². The molecule has 0 saturated heterocycles. The third-order valence-corrected chi connectivity index (χ3v) is 5.53. The van der Waals surface area contributed by atoms with Gasteiger partial charge in [0.05, 0.1) is 6.61 Å². The van der Waals surface area contributed by atoms with E-state index in [1.807, 2.05) is 56.3 Å². The van der Waals surface area contributed by atoms with E-state index < -0.39 is 0 Å². The van der Waals surface area contributed by atoms with Crippen molar-refractivity contribution in [3.8, 4) is 5.75 Å². The number of rotatable bonds is 4. The van der Waals surface area contributed by atoms with Crippen molar-refractivity contribution in [1.82, 2.24) is 0 Å². The zero-order valence-corrected chi connectivity index (χ0v) is 16.4. The van der Waals surface area contributed by atoms with Gasteiger partial charge in [0.2, 0.25) is 5.91 Å². The van der Waals surface area contributed by atoms with Crippen molar-refractivity contribution in [3.63, 3.8) is 0 Å². The molecule has 4 rings (SSSR count). The second kappa shape index (κ2) is 7.63. The molecule has 1 amide bonds. The molecule has 4 heteroatoms. The molecule has 0 aromatic heterocycles. The summed E-state index contributed by atoms with van der Waals surface area (Å²) in [6.07, 6.45) is 2.43. The number of hydrogen-bond donors (Lipinski definition) is 0. The number of anilines is 1. The Labute approximate surface area is 165 Å². The molecule has 4 nitrogen and oxygen atoms in total. The maximum Gasteiger partial charge on any atom is 0.232 e. The Morgan fingerprint density at radius 3 is 2.57 bits per heavy atom. The number of nitrogens with zero attached hydrogens (tertiary/aromatic N) is 1. The molecular formula is C24H25NO3. The van der Waals surface area contributed by atoms with Crippen LogP contribution in [0.4, 0.5) is 5.69 Å². The molecule has 2 aromatic rings. The van der Waals surface area contributed by atoms with Gasteiger partial charge < -0.3 is 4.74 Å². The number of Topliss-reactive ketones (excluding diaryl/α,β-unsaturated/α-hetero) is 1. The van der Waals surface area contributed by atoms with Gasteiger partial charge in [0.1, 0.15) is 5.75 Å². The molecular weight excluding hydrogens is 350 g/mol. The molecule has 28 heavy (non-hydrogen) atoms. The minimum atomic E-state index is -0.144. The standard InChI is InChI=1S/C24H25NO3/c1-3-28-19-12-10-18(11-13-19)25-21-8-5-9-22(26)24(21)20(15-23(25)27)17-7-4-6-16(2)14-17/h4,6-7,10-14,20H,3,5,8-9,15H2,1-2H3. The number of hydrogen-bond acceptors (Lipinski definition) is 3. The molecule has 0 radical (unpaired) electrons. The van der Waals surface area contributed by atoms with Crippen LogP contribution in [0.3, 0.4) is 0 Å². The molecule has 1 atom stereocenters. The average molecular weight is 375 g/mol. The molecule has 1 heterocycles. The van der Waals surface area contributed by atoms with E-state index in [4.69, 9.17) is 4.74 Å². The van der Waals surface area contributed by atoms with E-state index in [9.17, 15) is 9.59 Å². The van der Waals surface area contributed by atoms with Crippen LogP contribution in [0.1, 0.15) is 49.7 Å². The molecule has 1 aliphatic carbocycles. The predicted octanol–water partition coefficient (Wildman–Crippen LogP) is 4.92. The van der Waals surface area contributed by atoms with Crippen LogP contribution in [-0.4, -0.2) is 18.3 Å². The van der Waals surface area contributed by atoms with E-state index in [-0.39, 0.29) is 17.6 Å². The highest BCUT2D eigenvalue weighted by Crippen LogP contribution is 2.43. The smallest absolute Gasteiger partial charge is 0.232 e. The van der Waals surface area contributed by atoms with Crippen molar-refractivity contribution in [2.45, 2.75) is 45.4 Å². The number of ketones is 1. The molecule has 1 aliphatic heterocycles. The van der Waals surface area contributed by atoms with Gasteiger partial charge in [-0.2, -0.15) is 0 Å². The van der Waals surface area contributed by atoms with Crippen molar-refractivity contribution < 1.29 is 14.3 Å². The minimum Gasteiger partial charge on any atom is -0.494 e. The number of benzene rings is 2. The summed E-state index contributed by atoms with van der Waals surface area (Å²) in [5.41, 5.74) is 4.71. The van der Waals surface area contributed by atoms with Gasteiger partial charge in [-0.05, 0) is 56.5 Å². The van der Waals surface area contributed by atoms with Crippen molar-refractivity contribution in [1.29, 1.82) is 0 Å². The highest BCUT2D eigenvalue weighted by molar-refractivity contribution is 6.07. The van der Waals surface area contributed by atoms with E-state index in [1.165, 1.54) is 0 Å². The SMILES string of the molecule is CCOc1ccc(N2C(=O)CC(c3cccc(C)c3)C3=C2CCCC3=O)cc1. The lowest BCUT2D eigenvalue weighted by Crippen LogP contribution is -2.40. The lowest BCUT2D eigenvalue weighted by molar-refractivity contribution is -0.119. The van der Waals surface area contributed by atoms with Gasteiger partial charge in [-0.25, -0.2) is 0 Å². The van der Waals surface area contributed by atoms with Crippen molar-refractivity contribution >= 4 is 17.4 Å². The monoisotopic (exact) mass is 375 g/mol. The summed E-state index contributed by atoms with van der Waals surface area (Å²) in [4.78, 5) is 27.8. The topological polar surface area (TPSA) is 46.6 Å². The summed E-state index contributed by atoms with van der Waals surface area (Å²) in [5.74, 6) is 0.858. The van der Waals surface area contributed by atoms with Gasteiger partial charge in [0.25, 0.3) is 0 Å². The van der Waals surface area contributed by atoms with Crippen LogP contribution in [0.25, 0.3) is 0 Å². The quantitative estimate of drug-likeness (QED) is 0.762. The predicted molar refractivity (Wildman–Crippen MR) is 110 cm³/mol. The fraction of sp³-hybridized carbons (Fsp3) is 0.333. The average Bonchev–Trinajstić information content (AvgIpc) is 2.69. The van der Waals surface area contributed by atoms with E-state index >= 15 is 0 Å². The Morgan fingerprint density at radius 1 is 1.07 bits per heavy atom. The fourth-order valence-corrected chi connectivity index (χ4v) is 4.32. The first kappa shape index (κ1) is 18.5. The third kappa shape index (κ3) is 3.35. The van der Waals surface area contributed by atoms with E-state index in [0.29, 0.717) is 19.4 Å². The Kier molecular flexibility index (Phi) is 5.03. The van der Waals surface area contributed by atoms with Crippen molar-refractivity contribution in [3.05, 3.63) is 70.9 Å². The number of aryl methyl sites for hydroxylation is 1. The zero-order chi connectivity index (χ0) is 19.7. The van der Waals surface area contributed by atoms with Gasteiger partial charge in [-0.15, -0.1) is 0 Å². The summed E-state index contributed by atoms with van der Waals surface area (Å²) in [6.45, 7) is 4.58. The van der Waals surface area contributed by atoms with Crippen molar-refractivity contribution in [2.75, 3.05) is 11.5 Å².